The Kier molecular flexibility index (Phi) is 11.2. The molecule has 3 aromatic rings. The molecule has 0 spiro atoms. The Hall–Kier alpha value is -2.64. The van der Waals surface area contributed by atoms with Crippen LogP contribution >= 0.6 is 31.9 Å². The molecule has 0 saturated heterocycles. The summed E-state index contributed by atoms with van der Waals surface area (Å²) >= 11 is 7.09. The van der Waals surface area contributed by atoms with Crippen LogP contribution in [0.2, 0.25) is 0 Å². The van der Waals surface area contributed by atoms with Gasteiger partial charge < -0.3 is 15.0 Å². The number of hydrogen-bond acceptors (Lipinski definition) is 3. The molecule has 0 fully saturated rings. The molecule has 37 heavy (non-hydrogen) atoms. The Labute approximate surface area is 236 Å². The van der Waals surface area contributed by atoms with Gasteiger partial charge in [-0.3, -0.25) is 9.59 Å². The van der Waals surface area contributed by atoms with E-state index in [-0.39, 0.29) is 18.4 Å². The van der Waals surface area contributed by atoms with Crippen molar-refractivity contribution in [1.82, 2.24) is 10.2 Å². The normalized spacial score (nSPS) is 11.6. The molecule has 3 rings (SSSR count). The minimum Gasteiger partial charge on any atom is -0.484 e. The molecule has 1 N–H and O–H groups in total. The molecule has 196 valence electrons. The summed E-state index contributed by atoms with van der Waals surface area (Å²) in [5, 5.41) is 3.04. The van der Waals surface area contributed by atoms with Crippen LogP contribution in [0.5, 0.6) is 5.75 Å². The molecule has 3 aromatic carbocycles. The number of nitrogens with zero attached hydrogens (tertiary/aromatic N) is 1. The first-order valence-corrected chi connectivity index (χ1v) is 14.1. The number of carbonyl (C=O) groups excluding carboxylic acids is 2. The van der Waals surface area contributed by atoms with E-state index >= 15 is 0 Å². The minimum absolute atomic E-state index is 0.156. The van der Waals surface area contributed by atoms with Gasteiger partial charge in [0.25, 0.3) is 5.91 Å². The third-order valence-corrected chi connectivity index (χ3v) is 7.86. The number of unbranched alkanes of at least 4 members (excludes halogenated alkanes) is 1. The van der Waals surface area contributed by atoms with Gasteiger partial charge in [0.15, 0.2) is 6.61 Å². The molecule has 0 aliphatic carbocycles. The summed E-state index contributed by atoms with van der Waals surface area (Å²) in [6.45, 7) is 6.76. The van der Waals surface area contributed by atoms with Gasteiger partial charge in [0.2, 0.25) is 5.91 Å². The SMILES string of the molecule is CCCCNC(=O)C(Cc1ccccc1)N(Cc1cccc(Br)c1)C(=O)COc1cc(C)c(Br)c(C)c1. The van der Waals surface area contributed by atoms with E-state index in [1.54, 1.807) is 4.90 Å². The second-order valence-electron chi connectivity index (χ2n) is 9.16. The first kappa shape index (κ1) is 28.9. The third kappa shape index (κ3) is 8.71. The van der Waals surface area contributed by atoms with Crippen molar-refractivity contribution in [3.63, 3.8) is 0 Å². The van der Waals surface area contributed by atoms with E-state index in [4.69, 9.17) is 4.74 Å². The zero-order chi connectivity index (χ0) is 26.8. The number of ether oxygens (including phenoxy) is 1. The molecule has 0 aliphatic rings. The quantitative estimate of drug-likeness (QED) is 0.225. The van der Waals surface area contributed by atoms with Gasteiger partial charge in [-0.05, 0) is 66.8 Å². The van der Waals surface area contributed by atoms with Crippen molar-refractivity contribution in [1.29, 1.82) is 0 Å². The molecule has 5 nitrogen and oxygen atoms in total. The Morgan fingerprint density at radius 1 is 0.946 bits per heavy atom. The first-order chi connectivity index (χ1) is 17.8. The van der Waals surface area contributed by atoms with Crippen molar-refractivity contribution in [2.75, 3.05) is 13.2 Å². The Balaban J connectivity index is 1.90. The van der Waals surface area contributed by atoms with Gasteiger partial charge in [0.05, 0.1) is 0 Å². The zero-order valence-electron chi connectivity index (χ0n) is 21.6. The average Bonchev–Trinajstić information content (AvgIpc) is 2.88. The maximum Gasteiger partial charge on any atom is 0.261 e. The molecule has 1 atom stereocenters. The van der Waals surface area contributed by atoms with Crippen LogP contribution in [0.3, 0.4) is 0 Å². The van der Waals surface area contributed by atoms with Gasteiger partial charge in [-0.1, -0.05) is 87.7 Å². The van der Waals surface area contributed by atoms with E-state index < -0.39 is 6.04 Å². The monoisotopic (exact) mass is 628 g/mol. The molecule has 0 heterocycles. The molecule has 2 amide bonds. The van der Waals surface area contributed by atoms with Crippen molar-refractivity contribution < 1.29 is 14.3 Å². The molecule has 1 unspecified atom stereocenters. The van der Waals surface area contributed by atoms with Crippen LogP contribution in [-0.2, 0) is 22.6 Å². The highest BCUT2D eigenvalue weighted by atomic mass is 79.9. The molecular weight excluding hydrogens is 596 g/mol. The number of aryl methyl sites for hydroxylation is 2. The van der Waals surface area contributed by atoms with Crippen molar-refractivity contribution in [3.8, 4) is 5.75 Å². The van der Waals surface area contributed by atoms with Crippen LogP contribution in [0, 0.1) is 13.8 Å². The lowest BCUT2D eigenvalue weighted by Crippen LogP contribution is -2.51. The van der Waals surface area contributed by atoms with Crippen LogP contribution in [-0.4, -0.2) is 35.9 Å². The predicted molar refractivity (Wildman–Crippen MR) is 156 cm³/mol. The Morgan fingerprint density at radius 3 is 2.27 bits per heavy atom. The van der Waals surface area contributed by atoms with Crippen LogP contribution in [0.1, 0.15) is 42.0 Å². The predicted octanol–water partition coefficient (Wildman–Crippen LogP) is 6.76. The molecule has 0 aliphatic heterocycles. The third-order valence-electron chi connectivity index (χ3n) is 6.11. The first-order valence-electron chi connectivity index (χ1n) is 12.5. The van der Waals surface area contributed by atoms with E-state index in [9.17, 15) is 9.59 Å². The largest absolute Gasteiger partial charge is 0.484 e. The van der Waals surface area contributed by atoms with Crippen LogP contribution in [0.15, 0.2) is 75.7 Å². The van der Waals surface area contributed by atoms with Crippen molar-refractivity contribution in [2.24, 2.45) is 0 Å². The highest BCUT2D eigenvalue weighted by Crippen LogP contribution is 2.26. The second-order valence-corrected chi connectivity index (χ2v) is 10.9. The summed E-state index contributed by atoms with van der Waals surface area (Å²) in [5.74, 6) is 0.224. The number of benzene rings is 3. The van der Waals surface area contributed by atoms with E-state index in [1.807, 2.05) is 80.6 Å². The summed E-state index contributed by atoms with van der Waals surface area (Å²) in [6.07, 6.45) is 2.27. The fourth-order valence-electron chi connectivity index (χ4n) is 4.11. The van der Waals surface area contributed by atoms with Crippen molar-refractivity contribution in [2.45, 2.75) is 52.6 Å². The maximum absolute atomic E-state index is 13.7. The van der Waals surface area contributed by atoms with Crippen LogP contribution < -0.4 is 10.1 Å². The van der Waals surface area contributed by atoms with Crippen LogP contribution in [0.4, 0.5) is 0 Å². The lowest BCUT2D eigenvalue weighted by molar-refractivity contribution is -0.142. The van der Waals surface area contributed by atoms with Gasteiger partial charge in [-0.15, -0.1) is 0 Å². The summed E-state index contributed by atoms with van der Waals surface area (Å²) in [7, 11) is 0. The number of carbonyl (C=O) groups is 2. The molecule has 0 bridgehead atoms. The summed E-state index contributed by atoms with van der Waals surface area (Å²) in [5.41, 5.74) is 3.99. The summed E-state index contributed by atoms with van der Waals surface area (Å²) in [4.78, 5) is 28.8. The topological polar surface area (TPSA) is 58.6 Å². The van der Waals surface area contributed by atoms with E-state index in [1.165, 1.54) is 0 Å². The van der Waals surface area contributed by atoms with Gasteiger partial charge in [0.1, 0.15) is 11.8 Å². The fourth-order valence-corrected chi connectivity index (χ4v) is 4.79. The lowest BCUT2D eigenvalue weighted by atomic mass is 10.0. The highest BCUT2D eigenvalue weighted by Gasteiger charge is 2.30. The lowest BCUT2D eigenvalue weighted by Gasteiger charge is -2.31. The van der Waals surface area contributed by atoms with Crippen molar-refractivity contribution in [3.05, 3.63) is 97.9 Å². The molecule has 0 saturated carbocycles. The fraction of sp³-hybridized carbons (Fsp3) is 0.333. The number of hydrogen-bond donors (Lipinski definition) is 1. The van der Waals surface area contributed by atoms with Gasteiger partial charge in [-0.25, -0.2) is 0 Å². The van der Waals surface area contributed by atoms with E-state index in [2.05, 4.69) is 44.1 Å². The maximum atomic E-state index is 13.7. The number of halogens is 2. The van der Waals surface area contributed by atoms with E-state index in [0.29, 0.717) is 25.3 Å². The Bertz CT molecular complexity index is 1180. The average molecular weight is 630 g/mol. The standard InChI is InChI=1S/C30H34Br2N2O3/c1-4-5-14-33-30(36)27(18-23-10-7-6-8-11-23)34(19-24-12-9-13-25(31)17-24)28(35)20-37-26-15-21(2)29(32)22(3)16-26/h6-13,15-17,27H,4-5,14,18-20H2,1-3H3,(H,33,36). The number of amides is 2. The summed E-state index contributed by atoms with van der Waals surface area (Å²) in [6, 6.07) is 20.7. The molecule has 0 aromatic heterocycles. The number of rotatable bonds is 12. The molecule has 7 heteroatoms. The molecule has 0 radical (unpaired) electrons. The zero-order valence-corrected chi connectivity index (χ0v) is 24.8. The van der Waals surface area contributed by atoms with Gasteiger partial charge in [0, 0.05) is 28.5 Å². The minimum atomic E-state index is -0.678. The van der Waals surface area contributed by atoms with Gasteiger partial charge >= 0.3 is 0 Å². The summed E-state index contributed by atoms with van der Waals surface area (Å²) < 4.78 is 7.89. The smallest absolute Gasteiger partial charge is 0.261 e. The van der Waals surface area contributed by atoms with Gasteiger partial charge in [-0.2, -0.15) is 0 Å². The molecular formula is C30H34Br2N2O3. The van der Waals surface area contributed by atoms with E-state index in [0.717, 1.165) is 44.0 Å². The second kappa shape index (κ2) is 14.3. The number of nitrogens with one attached hydrogen (secondary N) is 1. The van der Waals surface area contributed by atoms with Crippen molar-refractivity contribution >= 4 is 43.7 Å². The highest BCUT2D eigenvalue weighted by molar-refractivity contribution is 9.10. The van der Waals surface area contributed by atoms with Crippen LogP contribution in [0.25, 0.3) is 0 Å². The Morgan fingerprint density at radius 2 is 1.62 bits per heavy atom.